The lowest BCUT2D eigenvalue weighted by molar-refractivity contribution is -0.385. The first-order valence-corrected chi connectivity index (χ1v) is 9.42. The lowest BCUT2D eigenvalue weighted by atomic mass is 10.2. The van der Waals surface area contributed by atoms with Crippen LogP contribution in [0.5, 0.6) is 5.75 Å². The van der Waals surface area contributed by atoms with Crippen molar-refractivity contribution in [2.45, 2.75) is 18.7 Å². The molecule has 27 heavy (non-hydrogen) atoms. The van der Waals surface area contributed by atoms with Gasteiger partial charge in [0.05, 0.1) is 33.7 Å². The summed E-state index contributed by atoms with van der Waals surface area (Å²) < 4.78 is 32.9. The third kappa shape index (κ3) is 4.34. The molecule has 0 atom stereocenters. The summed E-state index contributed by atoms with van der Waals surface area (Å²) in [5, 5.41) is 13.6. The van der Waals surface area contributed by atoms with Gasteiger partial charge in [0.2, 0.25) is 0 Å². The van der Waals surface area contributed by atoms with Gasteiger partial charge in [-0.15, -0.1) is 0 Å². The number of nitrogens with zero attached hydrogens (tertiary/aromatic N) is 1. The maximum absolute atomic E-state index is 12.7. The molecule has 144 valence electrons. The van der Waals surface area contributed by atoms with E-state index in [2.05, 4.69) is 10.0 Å². The summed E-state index contributed by atoms with van der Waals surface area (Å²) in [6.45, 7) is 3.55. The van der Waals surface area contributed by atoms with Crippen molar-refractivity contribution in [1.29, 1.82) is 0 Å². The molecule has 0 aromatic heterocycles. The minimum Gasteiger partial charge on any atom is -0.496 e. The number of nitro benzene ring substituents is 1. The molecule has 0 aliphatic heterocycles. The molecule has 2 N–H and O–H groups in total. The van der Waals surface area contributed by atoms with E-state index in [4.69, 9.17) is 4.74 Å². The van der Waals surface area contributed by atoms with Crippen LogP contribution in [0, 0.1) is 17.0 Å². The third-order valence-corrected chi connectivity index (χ3v) is 5.17. The average molecular weight is 393 g/mol. The second kappa shape index (κ2) is 8.04. The fourth-order valence-electron chi connectivity index (χ4n) is 2.42. The first kappa shape index (κ1) is 20.2. The topological polar surface area (TPSA) is 128 Å². The Hall–Kier alpha value is -3.14. The molecule has 2 rings (SSSR count). The second-order valence-electron chi connectivity index (χ2n) is 5.53. The lowest BCUT2D eigenvalue weighted by Gasteiger charge is -2.13. The zero-order valence-corrected chi connectivity index (χ0v) is 15.8. The van der Waals surface area contributed by atoms with E-state index >= 15 is 0 Å². The molecule has 9 nitrogen and oxygen atoms in total. The minimum atomic E-state index is -4.08. The molecule has 1 amide bonds. The standard InChI is InChI=1S/C17H19N3O6S/c1-4-18-17(21)13-10-12(8-9-16(13)26-3)27(24,25)19-14-6-5-7-15(11(14)2)20(22)23/h5-10,19H,4H2,1-3H3,(H,18,21). The summed E-state index contributed by atoms with van der Waals surface area (Å²) in [5.74, 6) is -0.246. The van der Waals surface area contributed by atoms with E-state index in [9.17, 15) is 23.3 Å². The SMILES string of the molecule is CCNC(=O)c1cc(S(=O)(=O)Nc2cccc([N+](=O)[O-])c2C)ccc1OC. The predicted molar refractivity (Wildman–Crippen MR) is 99.6 cm³/mol. The van der Waals surface area contributed by atoms with Crippen LogP contribution in [0.4, 0.5) is 11.4 Å². The zero-order valence-electron chi connectivity index (χ0n) is 15.0. The highest BCUT2D eigenvalue weighted by atomic mass is 32.2. The summed E-state index contributed by atoms with van der Waals surface area (Å²) in [5.41, 5.74) is 0.133. The average Bonchev–Trinajstić information content (AvgIpc) is 2.62. The van der Waals surface area contributed by atoms with E-state index in [0.717, 1.165) is 0 Å². The molecule has 0 saturated carbocycles. The Kier molecular flexibility index (Phi) is 6.01. The van der Waals surface area contributed by atoms with Gasteiger partial charge in [0.1, 0.15) is 5.75 Å². The van der Waals surface area contributed by atoms with Gasteiger partial charge >= 0.3 is 0 Å². The number of hydrogen-bond donors (Lipinski definition) is 2. The molecule has 0 radical (unpaired) electrons. The van der Waals surface area contributed by atoms with Crippen molar-refractivity contribution in [2.24, 2.45) is 0 Å². The Morgan fingerprint density at radius 2 is 1.96 bits per heavy atom. The maximum Gasteiger partial charge on any atom is 0.274 e. The summed E-state index contributed by atoms with van der Waals surface area (Å²) in [4.78, 5) is 22.4. The van der Waals surface area contributed by atoms with Crippen molar-refractivity contribution in [2.75, 3.05) is 18.4 Å². The maximum atomic E-state index is 12.7. The quantitative estimate of drug-likeness (QED) is 0.549. The highest BCUT2D eigenvalue weighted by molar-refractivity contribution is 7.92. The molecule has 0 heterocycles. The zero-order chi connectivity index (χ0) is 20.2. The van der Waals surface area contributed by atoms with Crippen molar-refractivity contribution in [3.63, 3.8) is 0 Å². The number of hydrogen-bond acceptors (Lipinski definition) is 6. The van der Waals surface area contributed by atoms with Gasteiger partial charge in [-0.05, 0) is 38.1 Å². The molecule has 0 aliphatic rings. The van der Waals surface area contributed by atoms with Crippen molar-refractivity contribution < 1.29 is 22.9 Å². The number of amides is 1. The monoisotopic (exact) mass is 393 g/mol. The highest BCUT2D eigenvalue weighted by Crippen LogP contribution is 2.28. The Morgan fingerprint density at radius 1 is 1.26 bits per heavy atom. The van der Waals surface area contributed by atoms with Crippen molar-refractivity contribution >= 4 is 27.3 Å². The molecule has 10 heteroatoms. The summed E-state index contributed by atoms with van der Waals surface area (Å²) >= 11 is 0. The Labute approximate surface area is 156 Å². The number of benzene rings is 2. The lowest BCUT2D eigenvalue weighted by Crippen LogP contribution is -2.24. The van der Waals surface area contributed by atoms with E-state index in [-0.39, 0.29) is 33.1 Å². The molecular formula is C17H19N3O6S. The largest absolute Gasteiger partial charge is 0.496 e. The molecule has 0 saturated heterocycles. The van der Waals surface area contributed by atoms with E-state index < -0.39 is 20.9 Å². The van der Waals surface area contributed by atoms with Gasteiger partial charge < -0.3 is 10.1 Å². The third-order valence-electron chi connectivity index (χ3n) is 3.81. The summed E-state index contributed by atoms with van der Waals surface area (Å²) in [6.07, 6.45) is 0. The van der Waals surface area contributed by atoms with E-state index in [1.165, 1.54) is 50.4 Å². The Morgan fingerprint density at radius 3 is 2.56 bits per heavy atom. The van der Waals surface area contributed by atoms with Crippen LogP contribution < -0.4 is 14.8 Å². The van der Waals surface area contributed by atoms with Gasteiger partial charge in [0.15, 0.2) is 0 Å². The number of rotatable bonds is 7. The number of carbonyl (C=O) groups excluding carboxylic acids is 1. The van der Waals surface area contributed by atoms with Crippen LogP contribution in [-0.2, 0) is 10.0 Å². The van der Waals surface area contributed by atoms with Crippen LogP contribution in [0.3, 0.4) is 0 Å². The van der Waals surface area contributed by atoms with Crippen LogP contribution in [0.25, 0.3) is 0 Å². The molecule has 0 spiro atoms. The van der Waals surface area contributed by atoms with Crippen LogP contribution >= 0.6 is 0 Å². The van der Waals surface area contributed by atoms with E-state index in [1.807, 2.05) is 0 Å². The van der Waals surface area contributed by atoms with Gasteiger partial charge in [0.25, 0.3) is 21.6 Å². The molecule has 2 aromatic carbocycles. The van der Waals surface area contributed by atoms with E-state index in [1.54, 1.807) is 6.92 Å². The fraction of sp³-hybridized carbons (Fsp3) is 0.235. The van der Waals surface area contributed by atoms with Crippen molar-refractivity contribution in [3.05, 3.63) is 57.6 Å². The number of nitro groups is 1. The number of carbonyl (C=O) groups is 1. The minimum absolute atomic E-state index is 0.0676. The first-order chi connectivity index (χ1) is 12.7. The van der Waals surface area contributed by atoms with Gasteiger partial charge in [-0.3, -0.25) is 19.6 Å². The van der Waals surface area contributed by atoms with Crippen LogP contribution in [-0.4, -0.2) is 32.9 Å². The second-order valence-corrected chi connectivity index (χ2v) is 7.22. The smallest absolute Gasteiger partial charge is 0.274 e. The van der Waals surface area contributed by atoms with Crippen LogP contribution in [0.2, 0.25) is 0 Å². The Balaban J connectivity index is 2.46. The van der Waals surface area contributed by atoms with Crippen LogP contribution in [0.1, 0.15) is 22.8 Å². The van der Waals surface area contributed by atoms with Crippen LogP contribution in [0.15, 0.2) is 41.3 Å². The van der Waals surface area contributed by atoms with Gasteiger partial charge in [-0.25, -0.2) is 8.42 Å². The number of anilines is 1. The number of ether oxygens (including phenoxy) is 1. The molecule has 0 aliphatic carbocycles. The first-order valence-electron chi connectivity index (χ1n) is 7.94. The molecule has 2 aromatic rings. The van der Waals surface area contributed by atoms with Gasteiger partial charge in [-0.2, -0.15) is 0 Å². The molecule has 0 bridgehead atoms. The summed E-state index contributed by atoms with van der Waals surface area (Å²) in [6, 6.07) is 7.95. The van der Waals surface area contributed by atoms with Gasteiger partial charge in [-0.1, -0.05) is 6.07 Å². The normalized spacial score (nSPS) is 10.9. The molecule has 0 fully saturated rings. The number of nitrogens with one attached hydrogen (secondary N) is 2. The van der Waals surface area contributed by atoms with Crippen molar-refractivity contribution in [1.82, 2.24) is 5.32 Å². The molecule has 0 unspecified atom stereocenters. The van der Waals surface area contributed by atoms with E-state index in [0.29, 0.717) is 6.54 Å². The number of methoxy groups -OCH3 is 1. The van der Waals surface area contributed by atoms with Crippen molar-refractivity contribution in [3.8, 4) is 5.75 Å². The molecular weight excluding hydrogens is 374 g/mol. The predicted octanol–water partition coefficient (Wildman–Crippen LogP) is 2.46. The highest BCUT2D eigenvalue weighted by Gasteiger charge is 2.22. The van der Waals surface area contributed by atoms with Gasteiger partial charge in [0, 0.05) is 12.6 Å². The Bertz CT molecular complexity index is 988. The summed E-state index contributed by atoms with van der Waals surface area (Å²) in [7, 11) is -2.71. The fourth-order valence-corrected chi connectivity index (χ4v) is 3.57. The number of sulfonamides is 1.